The Labute approximate surface area is 81.5 Å². The highest BCUT2D eigenvalue weighted by Crippen LogP contribution is 2.05. The molecule has 76 valence electrons. The van der Waals surface area contributed by atoms with Crippen LogP contribution in [0.3, 0.4) is 0 Å². The maximum Gasteiger partial charge on any atom is 0.218 e. The van der Waals surface area contributed by atoms with Gasteiger partial charge in [0.25, 0.3) is 0 Å². The molecular formula is C9H12N2O3. The summed E-state index contributed by atoms with van der Waals surface area (Å²) in [6.45, 7) is 3.25. The molecule has 1 N–H and O–H groups in total. The lowest BCUT2D eigenvalue weighted by molar-refractivity contribution is -0.511. The fraction of sp³-hybridized carbons (Fsp3) is 0.333. The molecule has 0 spiro atoms. The normalized spacial score (nSPS) is 13.7. The molecule has 0 aliphatic carbocycles. The molecule has 14 heavy (non-hydrogen) atoms. The first-order valence-electron chi connectivity index (χ1n) is 4.10. The van der Waals surface area contributed by atoms with Gasteiger partial charge in [-0.15, -0.1) is 0 Å². The molecule has 5 nitrogen and oxygen atoms in total. The van der Waals surface area contributed by atoms with Crippen LogP contribution in [0.1, 0.15) is 19.6 Å². The van der Waals surface area contributed by atoms with Crippen LogP contribution in [-0.2, 0) is 0 Å². The van der Waals surface area contributed by atoms with Crippen molar-refractivity contribution in [1.29, 1.82) is 0 Å². The Hall–Kier alpha value is -1.78. The van der Waals surface area contributed by atoms with Gasteiger partial charge < -0.3 is 14.8 Å². The van der Waals surface area contributed by atoms with Gasteiger partial charge in [0, 0.05) is 13.8 Å². The Kier molecular flexibility index (Phi) is 2.91. The molecule has 1 aromatic heterocycles. The zero-order valence-electron chi connectivity index (χ0n) is 8.04. The second-order valence-corrected chi connectivity index (χ2v) is 3.37. The minimum atomic E-state index is -0.901. The van der Waals surface area contributed by atoms with E-state index in [4.69, 9.17) is 9.62 Å². The highest BCUT2D eigenvalue weighted by molar-refractivity contribution is 5.74. The number of hydrogen-bond acceptors (Lipinski definition) is 4. The van der Waals surface area contributed by atoms with Crippen LogP contribution in [0.15, 0.2) is 28.0 Å². The molecule has 1 rings (SSSR count). The molecule has 0 atom stereocenters. The molecule has 0 aromatic carbocycles. The number of hydrogen-bond donors (Lipinski definition) is 1. The summed E-state index contributed by atoms with van der Waals surface area (Å²) < 4.78 is 5.63. The van der Waals surface area contributed by atoms with Crippen LogP contribution >= 0.6 is 0 Å². The molecule has 5 heteroatoms. The van der Waals surface area contributed by atoms with Crippen LogP contribution in [-0.4, -0.2) is 27.9 Å². The first-order chi connectivity index (χ1) is 6.56. The van der Waals surface area contributed by atoms with Crippen molar-refractivity contribution in [2.75, 3.05) is 0 Å². The molecule has 0 aliphatic rings. The van der Waals surface area contributed by atoms with Crippen molar-refractivity contribution in [3.63, 3.8) is 0 Å². The Morgan fingerprint density at radius 2 is 2.36 bits per heavy atom. The van der Waals surface area contributed by atoms with Gasteiger partial charge in [-0.25, -0.2) is 0 Å². The molecule has 0 unspecified atom stereocenters. The number of rotatable bonds is 3. The summed E-state index contributed by atoms with van der Waals surface area (Å²) in [6.07, 6.45) is 3.92. The molecule has 1 aromatic rings. The van der Waals surface area contributed by atoms with E-state index in [1.165, 1.54) is 12.5 Å². The lowest BCUT2D eigenvalue weighted by Gasteiger charge is -2.17. The quantitative estimate of drug-likeness (QED) is 0.261. The minimum Gasteiger partial charge on any atom is -0.623 e. The average molecular weight is 196 g/mol. The van der Waals surface area contributed by atoms with E-state index < -0.39 is 5.54 Å². The summed E-state index contributed by atoms with van der Waals surface area (Å²) in [7, 11) is 0. The van der Waals surface area contributed by atoms with Crippen LogP contribution in [0.5, 0.6) is 0 Å². The Morgan fingerprint density at radius 3 is 2.86 bits per heavy atom. The maximum atomic E-state index is 11.5. The SMILES string of the molecule is CC(C)(/C=N\O)/[N+]([O-])=C/c1ccco1. The van der Waals surface area contributed by atoms with Gasteiger partial charge in [-0.2, -0.15) is 4.74 Å². The lowest BCUT2D eigenvalue weighted by atomic mass is 10.1. The van der Waals surface area contributed by atoms with Crippen molar-refractivity contribution in [3.8, 4) is 0 Å². The summed E-state index contributed by atoms with van der Waals surface area (Å²) in [5, 5.41) is 22.7. The second kappa shape index (κ2) is 3.95. The molecular weight excluding hydrogens is 184 g/mol. The van der Waals surface area contributed by atoms with E-state index in [0.29, 0.717) is 10.5 Å². The standard InChI is InChI=1S/C9H12N2O3/c1-9(2,7-10-12)11(13)6-8-4-3-5-14-8/h3-7,12H,1-2H3/b10-7-,11-6-. The van der Waals surface area contributed by atoms with Gasteiger partial charge in [0.15, 0.2) is 5.76 Å². The van der Waals surface area contributed by atoms with Crippen LogP contribution in [0.2, 0.25) is 0 Å². The van der Waals surface area contributed by atoms with Crippen LogP contribution in [0.25, 0.3) is 0 Å². The Bertz CT molecular complexity index is 339. The summed E-state index contributed by atoms with van der Waals surface area (Å²) in [6, 6.07) is 3.35. The van der Waals surface area contributed by atoms with Crippen molar-refractivity contribution in [3.05, 3.63) is 29.4 Å². The topological polar surface area (TPSA) is 71.8 Å². The number of furan rings is 1. The average Bonchev–Trinajstić information content (AvgIpc) is 2.56. The van der Waals surface area contributed by atoms with Crippen LogP contribution in [0.4, 0.5) is 0 Å². The van der Waals surface area contributed by atoms with E-state index in [1.807, 2.05) is 0 Å². The molecule has 0 aliphatic heterocycles. The van der Waals surface area contributed by atoms with Gasteiger partial charge in [0.1, 0.15) is 6.21 Å². The van der Waals surface area contributed by atoms with Gasteiger partial charge in [-0.05, 0) is 12.1 Å². The highest BCUT2D eigenvalue weighted by Gasteiger charge is 2.24. The van der Waals surface area contributed by atoms with E-state index in [2.05, 4.69) is 5.16 Å². The van der Waals surface area contributed by atoms with Crippen molar-refractivity contribution in [2.45, 2.75) is 19.4 Å². The molecule has 0 fully saturated rings. The van der Waals surface area contributed by atoms with Gasteiger partial charge in [0.05, 0.1) is 6.26 Å². The first-order valence-corrected chi connectivity index (χ1v) is 4.10. The monoisotopic (exact) mass is 196 g/mol. The van der Waals surface area contributed by atoms with E-state index in [9.17, 15) is 5.21 Å². The van der Waals surface area contributed by atoms with Crippen LogP contribution < -0.4 is 0 Å². The second-order valence-electron chi connectivity index (χ2n) is 3.37. The maximum absolute atomic E-state index is 11.5. The van der Waals surface area contributed by atoms with Crippen molar-refractivity contribution in [2.24, 2.45) is 5.16 Å². The fourth-order valence-electron chi connectivity index (χ4n) is 0.845. The molecule has 0 radical (unpaired) electrons. The number of nitrogens with zero attached hydrogens (tertiary/aromatic N) is 2. The molecule has 0 amide bonds. The third kappa shape index (κ3) is 2.35. The number of hydroxylamine groups is 1. The third-order valence-electron chi connectivity index (χ3n) is 1.73. The molecule has 0 saturated carbocycles. The zero-order chi connectivity index (χ0) is 10.6. The van der Waals surface area contributed by atoms with Crippen molar-refractivity contribution >= 4 is 12.4 Å². The highest BCUT2D eigenvalue weighted by atomic mass is 16.5. The minimum absolute atomic E-state index is 0.458. The van der Waals surface area contributed by atoms with Crippen LogP contribution in [0, 0.1) is 5.21 Å². The smallest absolute Gasteiger partial charge is 0.218 e. The van der Waals surface area contributed by atoms with Crippen molar-refractivity contribution < 1.29 is 14.4 Å². The Balaban J connectivity index is 2.89. The lowest BCUT2D eigenvalue weighted by Crippen LogP contribution is -2.35. The summed E-state index contributed by atoms with van der Waals surface area (Å²) in [5.41, 5.74) is -0.901. The van der Waals surface area contributed by atoms with E-state index >= 15 is 0 Å². The Morgan fingerprint density at radius 1 is 1.64 bits per heavy atom. The van der Waals surface area contributed by atoms with E-state index in [-0.39, 0.29) is 0 Å². The van der Waals surface area contributed by atoms with Gasteiger partial charge in [0.2, 0.25) is 11.8 Å². The molecule has 0 saturated heterocycles. The van der Waals surface area contributed by atoms with Crippen molar-refractivity contribution in [1.82, 2.24) is 0 Å². The first kappa shape index (κ1) is 10.3. The van der Waals surface area contributed by atoms with E-state index in [0.717, 1.165) is 6.21 Å². The van der Waals surface area contributed by atoms with E-state index in [1.54, 1.807) is 26.0 Å². The third-order valence-corrected chi connectivity index (χ3v) is 1.73. The zero-order valence-corrected chi connectivity index (χ0v) is 8.04. The largest absolute Gasteiger partial charge is 0.623 e. The molecule has 0 bridgehead atoms. The van der Waals surface area contributed by atoms with Gasteiger partial charge in [-0.3, -0.25) is 0 Å². The summed E-state index contributed by atoms with van der Waals surface area (Å²) in [5.74, 6) is 0.458. The fourth-order valence-corrected chi connectivity index (χ4v) is 0.845. The molecule has 1 heterocycles. The van der Waals surface area contributed by atoms with Gasteiger partial charge >= 0.3 is 0 Å². The predicted octanol–water partition coefficient (Wildman–Crippen LogP) is 1.45. The van der Waals surface area contributed by atoms with Gasteiger partial charge in [-0.1, -0.05) is 5.16 Å². The number of oxime groups is 1. The summed E-state index contributed by atoms with van der Waals surface area (Å²) in [4.78, 5) is 0. The predicted molar refractivity (Wildman–Crippen MR) is 51.9 cm³/mol. The summed E-state index contributed by atoms with van der Waals surface area (Å²) >= 11 is 0.